The van der Waals surface area contributed by atoms with Crippen molar-refractivity contribution in [2.24, 2.45) is 11.7 Å². The molecule has 2 rings (SSSR count). The van der Waals surface area contributed by atoms with Gasteiger partial charge in [-0.3, -0.25) is 9.59 Å². The Labute approximate surface area is 130 Å². The molecule has 0 spiro atoms. The molecule has 0 unspecified atom stereocenters. The van der Waals surface area contributed by atoms with Crippen molar-refractivity contribution >= 4 is 23.1 Å². The zero-order valence-corrected chi connectivity index (χ0v) is 12.9. The second-order valence-corrected chi connectivity index (χ2v) is 5.98. The van der Waals surface area contributed by atoms with E-state index in [1.807, 2.05) is 50.6 Å². The van der Waals surface area contributed by atoms with Gasteiger partial charge >= 0.3 is 0 Å². The summed E-state index contributed by atoms with van der Waals surface area (Å²) in [6.45, 7) is 4.00. The third-order valence-electron chi connectivity index (χ3n) is 3.62. The van der Waals surface area contributed by atoms with Gasteiger partial charge < -0.3 is 16.0 Å². The SMILES string of the molecule is CC(C)C[C@@H](N)C(=O)N[C@@H]([C]=O)Cc1c[nH]c2ccccc12. The van der Waals surface area contributed by atoms with Gasteiger partial charge in [-0.1, -0.05) is 32.0 Å². The van der Waals surface area contributed by atoms with Gasteiger partial charge in [-0.15, -0.1) is 0 Å². The Morgan fingerprint density at radius 1 is 1.36 bits per heavy atom. The zero-order valence-electron chi connectivity index (χ0n) is 12.9. The number of hydrogen-bond donors (Lipinski definition) is 3. The summed E-state index contributed by atoms with van der Waals surface area (Å²) >= 11 is 0. The van der Waals surface area contributed by atoms with Gasteiger partial charge in [0.25, 0.3) is 0 Å². The molecule has 5 heteroatoms. The average molecular weight is 300 g/mol. The third-order valence-corrected chi connectivity index (χ3v) is 3.62. The smallest absolute Gasteiger partial charge is 0.237 e. The maximum absolute atomic E-state index is 12.0. The summed E-state index contributed by atoms with van der Waals surface area (Å²) in [6, 6.07) is 6.55. The predicted molar refractivity (Wildman–Crippen MR) is 87.1 cm³/mol. The number of carbonyl (C=O) groups is 1. The van der Waals surface area contributed by atoms with Gasteiger partial charge in [0.05, 0.1) is 12.1 Å². The molecule has 1 aromatic carbocycles. The predicted octanol–water partition coefficient (Wildman–Crippen LogP) is 1.68. The van der Waals surface area contributed by atoms with Crippen LogP contribution in [0.4, 0.5) is 0 Å². The Hall–Kier alpha value is -2.14. The number of carbonyl (C=O) groups excluding carboxylic acids is 2. The fourth-order valence-corrected chi connectivity index (χ4v) is 2.54. The molecule has 0 aliphatic carbocycles. The summed E-state index contributed by atoms with van der Waals surface area (Å²) in [4.78, 5) is 26.3. The molecule has 0 saturated heterocycles. The van der Waals surface area contributed by atoms with E-state index in [1.54, 1.807) is 0 Å². The standard InChI is InChI=1S/C17H22N3O2/c1-11(2)7-15(18)17(22)20-13(10-21)8-12-9-19-16-6-4-3-5-14(12)16/h3-6,9,11,13,15,19H,7-8,18H2,1-2H3,(H,20,22)/t13-,15-/m1/s1. The van der Waals surface area contributed by atoms with Crippen LogP contribution in [0.3, 0.4) is 0 Å². The number of benzene rings is 1. The lowest BCUT2D eigenvalue weighted by atomic mass is 10.0. The first-order chi connectivity index (χ1) is 10.5. The molecule has 0 bridgehead atoms. The normalized spacial score (nSPS) is 14.0. The molecule has 0 aliphatic heterocycles. The van der Waals surface area contributed by atoms with Gasteiger partial charge in [0.1, 0.15) is 0 Å². The summed E-state index contributed by atoms with van der Waals surface area (Å²) in [6.07, 6.45) is 4.73. The number of rotatable bonds is 7. The van der Waals surface area contributed by atoms with Crippen molar-refractivity contribution in [3.05, 3.63) is 36.0 Å². The molecular formula is C17H22N3O2. The second kappa shape index (κ2) is 7.22. The highest BCUT2D eigenvalue weighted by Gasteiger charge is 2.20. The number of hydrogen-bond acceptors (Lipinski definition) is 3. The molecule has 1 heterocycles. The molecule has 22 heavy (non-hydrogen) atoms. The number of nitrogens with one attached hydrogen (secondary N) is 2. The lowest BCUT2D eigenvalue weighted by molar-refractivity contribution is -0.123. The van der Waals surface area contributed by atoms with Crippen LogP contribution < -0.4 is 11.1 Å². The van der Waals surface area contributed by atoms with Gasteiger partial charge in [-0.05, 0) is 24.0 Å². The van der Waals surface area contributed by atoms with E-state index in [1.165, 1.54) is 0 Å². The number of nitrogens with two attached hydrogens (primary N) is 1. The lowest BCUT2D eigenvalue weighted by Crippen LogP contribution is -2.47. The molecule has 117 valence electrons. The van der Waals surface area contributed by atoms with Crippen LogP contribution >= 0.6 is 0 Å². The van der Waals surface area contributed by atoms with E-state index in [4.69, 9.17) is 5.73 Å². The quantitative estimate of drug-likeness (QED) is 0.727. The van der Waals surface area contributed by atoms with Crippen LogP contribution in [0.5, 0.6) is 0 Å². The first-order valence-corrected chi connectivity index (χ1v) is 7.50. The number of para-hydroxylation sites is 1. The van der Waals surface area contributed by atoms with E-state index >= 15 is 0 Å². The zero-order chi connectivity index (χ0) is 16.1. The molecule has 2 aromatic rings. The maximum atomic E-state index is 12.0. The largest absolute Gasteiger partial charge is 0.361 e. The van der Waals surface area contributed by atoms with Crippen LogP contribution in [0, 0.1) is 5.92 Å². The highest BCUT2D eigenvalue weighted by molar-refractivity contribution is 5.86. The highest BCUT2D eigenvalue weighted by Crippen LogP contribution is 2.18. The van der Waals surface area contributed by atoms with Gasteiger partial charge in [-0.2, -0.15) is 0 Å². The van der Waals surface area contributed by atoms with Crippen molar-refractivity contribution < 1.29 is 9.59 Å². The first kappa shape index (κ1) is 16.2. The first-order valence-electron chi connectivity index (χ1n) is 7.50. The Balaban J connectivity index is 2.03. The number of aromatic nitrogens is 1. The van der Waals surface area contributed by atoms with Gasteiger partial charge in [-0.25, -0.2) is 0 Å². The number of aromatic amines is 1. The van der Waals surface area contributed by atoms with E-state index in [0.29, 0.717) is 18.8 Å². The maximum Gasteiger partial charge on any atom is 0.237 e. The van der Waals surface area contributed by atoms with Crippen molar-refractivity contribution in [1.82, 2.24) is 10.3 Å². The fourth-order valence-electron chi connectivity index (χ4n) is 2.54. The summed E-state index contributed by atoms with van der Waals surface area (Å²) in [5.74, 6) is 0.0231. The van der Waals surface area contributed by atoms with E-state index in [-0.39, 0.29) is 5.91 Å². The average Bonchev–Trinajstić information content (AvgIpc) is 2.89. The molecule has 4 N–H and O–H groups in total. The number of amides is 1. The molecular weight excluding hydrogens is 278 g/mol. The minimum absolute atomic E-state index is 0.304. The lowest BCUT2D eigenvalue weighted by Gasteiger charge is -2.17. The molecule has 0 saturated carbocycles. The van der Waals surface area contributed by atoms with Crippen molar-refractivity contribution in [3.8, 4) is 0 Å². The molecule has 2 atom stereocenters. The topological polar surface area (TPSA) is 88.0 Å². The Kier molecular flexibility index (Phi) is 5.33. The van der Waals surface area contributed by atoms with E-state index < -0.39 is 12.1 Å². The molecule has 0 aliphatic rings. The van der Waals surface area contributed by atoms with E-state index in [2.05, 4.69) is 10.3 Å². The van der Waals surface area contributed by atoms with Crippen LogP contribution in [-0.4, -0.2) is 29.3 Å². The second-order valence-electron chi connectivity index (χ2n) is 5.98. The van der Waals surface area contributed by atoms with E-state index in [0.717, 1.165) is 16.5 Å². The Morgan fingerprint density at radius 2 is 2.09 bits per heavy atom. The molecule has 0 fully saturated rings. The monoisotopic (exact) mass is 300 g/mol. The number of fused-ring (bicyclic) bond motifs is 1. The van der Waals surface area contributed by atoms with Crippen LogP contribution in [0.25, 0.3) is 10.9 Å². The summed E-state index contributed by atoms with van der Waals surface area (Å²) in [7, 11) is 0. The molecule has 1 radical (unpaired) electrons. The molecule has 1 aromatic heterocycles. The fraction of sp³-hybridized carbons (Fsp3) is 0.412. The van der Waals surface area contributed by atoms with Crippen molar-refractivity contribution in [1.29, 1.82) is 0 Å². The van der Waals surface area contributed by atoms with E-state index in [9.17, 15) is 9.59 Å². The minimum Gasteiger partial charge on any atom is -0.361 e. The Bertz CT molecular complexity index is 648. The van der Waals surface area contributed by atoms with Gasteiger partial charge in [0.15, 0.2) is 0 Å². The van der Waals surface area contributed by atoms with Crippen LogP contribution in [0.2, 0.25) is 0 Å². The summed E-state index contributed by atoms with van der Waals surface area (Å²) in [5.41, 5.74) is 7.82. The van der Waals surface area contributed by atoms with Gasteiger partial charge in [0.2, 0.25) is 12.2 Å². The molecule has 5 nitrogen and oxygen atoms in total. The number of H-pyrrole nitrogens is 1. The van der Waals surface area contributed by atoms with Crippen molar-refractivity contribution in [3.63, 3.8) is 0 Å². The van der Waals surface area contributed by atoms with Crippen LogP contribution in [0.15, 0.2) is 30.5 Å². The van der Waals surface area contributed by atoms with Crippen LogP contribution in [-0.2, 0) is 16.0 Å². The minimum atomic E-state index is -0.690. The van der Waals surface area contributed by atoms with Crippen molar-refractivity contribution in [2.75, 3.05) is 0 Å². The molecule has 1 amide bonds. The summed E-state index contributed by atoms with van der Waals surface area (Å²) in [5, 5.41) is 3.72. The van der Waals surface area contributed by atoms with Gasteiger partial charge in [0, 0.05) is 23.5 Å². The van der Waals surface area contributed by atoms with Crippen molar-refractivity contribution in [2.45, 2.75) is 38.8 Å². The Morgan fingerprint density at radius 3 is 2.77 bits per heavy atom. The summed E-state index contributed by atoms with van der Waals surface area (Å²) < 4.78 is 0. The van der Waals surface area contributed by atoms with Crippen LogP contribution in [0.1, 0.15) is 25.8 Å². The highest BCUT2D eigenvalue weighted by atomic mass is 16.2. The third kappa shape index (κ3) is 3.95.